The molecule has 1 fully saturated rings. The van der Waals surface area contributed by atoms with E-state index in [2.05, 4.69) is 23.6 Å². The predicted octanol–water partition coefficient (Wildman–Crippen LogP) is 2.63. The van der Waals surface area contributed by atoms with Crippen LogP contribution in [0, 0.1) is 0 Å². The van der Waals surface area contributed by atoms with Gasteiger partial charge in [-0.2, -0.15) is 0 Å². The van der Waals surface area contributed by atoms with Crippen LogP contribution in [0.15, 0.2) is 24.3 Å². The van der Waals surface area contributed by atoms with Gasteiger partial charge < -0.3 is 9.84 Å². The van der Waals surface area contributed by atoms with Crippen LogP contribution in [0.1, 0.15) is 38.8 Å². The zero-order chi connectivity index (χ0) is 16.8. The van der Waals surface area contributed by atoms with Crippen molar-refractivity contribution in [3.8, 4) is 5.75 Å². The highest BCUT2D eigenvalue weighted by atomic mass is 16.5. The van der Waals surface area contributed by atoms with E-state index in [1.807, 2.05) is 31.2 Å². The van der Waals surface area contributed by atoms with Crippen LogP contribution >= 0.6 is 0 Å². The average Bonchev–Trinajstić information content (AvgIpc) is 2.52. The molecule has 2 unspecified atom stereocenters. The number of rotatable bonds is 7. The Kier molecular flexibility index (Phi) is 6.42. The number of aliphatic carboxylic acids is 1. The molecule has 0 aromatic heterocycles. The van der Waals surface area contributed by atoms with Crippen molar-refractivity contribution in [1.29, 1.82) is 0 Å². The molecule has 0 spiro atoms. The maximum absolute atomic E-state index is 12.0. The van der Waals surface area contributed by atoms with Gasteiger partial charge in [-0.1, -0.05) is 25.1 Å². The quantitative estimate of drug-likeness (QED) is 0.837. The molecule has 2 rings (SSSR count). The molecule has 5 heteroatoms. The van der Waals surface area contributed by atoms with Crippen molar-refractivity contribution in [2.75, 3.05) is 32.8 Å². The highest BCUT2D eigenvalue weighted by Crippen LogP contribution is 2.31. The second-order valence-corrected chi connectivity index (χ2v) is 6.09. The number of hydrogen-bond acceptors (Lipinski definition) is 4. The Morgan fingerprint density at radius 3 is 2.70 bits per heavy atom. The summed E-state index contributed by atoms with van der Waals surface area (Å²) in [4.78, 5) is 16.5. The van der Waals surface area contributed by atoms with Gasteiger partial charge in [-0.15, -0.1) is 0 Å². The van der Waals surface area contributed by atoms with Crippen LogP contribution in [-0.2, 0) is 4.79 Å². The molecule has 5 nitrogen and oxygen atoms in total. The third kappa shape index (κ3) is 4.24. The highest BCUT2D eigenvalue weighted by molar-refractivity contribution is 5.76. The van der Waals surface area contributed by atoms with Crippen LogP contribution < -0.4 is 4.74 Å². The Morgan fingerprint density at radius 1 is 1.35 bits per heavy atom. The minimum Gasteiger partial charge on any atom is -0.494 e. The van der Waals surface area contributed by atoms with E-state index in [-0.39, 0.29) is 0 Å². The number of carboxylic acid groups (broad SMARTS) is 1. The Labute approximate surface area is 138 Å². The maximum Gasteiger partial charge on any atom is 0.325 e. The van der Waals surface area contributed by atoms with Crippen LogP contribution in [-0.4, -0.2) is 59.7 Å². The van der Waals surface area contributed by atoms with Gasteiger partial charge >= 0.3 is 5.97 Å². The number of carboxylic acids is 1. The fraction of sp³-hybridized carbons (Fsp3) is 0.611. The van der Waals surface area contributed by atoms with Gasteiger partial charge in [0.15, 0.2) is 0 Å². The topological polar surface area (TPSA) is 53.0 Å². The molecule has 1 aromatic rings. The summed E-state index contributed by atoms with van der Waals surface area (Å²) in [6, 6.07) is 7.20. The van der Waals surface area contributed by atoms with E-state index in [4.69, 9.17) is 4.74 Å². The van der Waals surface area contributed by atoms with E-state index in [1.165, 1.54) is 0 Å². The van der Waals surface area contributed by atoms with Crippen molar-refractivity contribution in [3.05, 3.63) is 29.8 Å². The first kappa shape index (κ1) is 17.8. The zero-order valence-electron chi connectivity index (χ0n) is 14.4. The van der Waals surface area contributed by atoms with Gasteiger partial charge in [-0.05, 0) is 32.9 Å². The van der Waals surface area contributed by atoms with Crippen molar-refractivity contribution < 1.29 is 14.6 Å². The molecule has 1 N–H and O–H groups in total. The molecule has 128 valence electrons. The summed E-state index contributed by atoms with van der Waals surface area (Å²) in [5.41, 5.74) is 0.748. The third-order valence-corrected chi connectivity index (χ3v) is 4.42. The third-order valence-electron chi connectivity index (χ3n) is 4.42. The van der Waals surface area contributed by atoms with Crippen LogP contribution in [0.3, 0.4) is 0 Å². The molecule has 0 radical (unpaired) electrons. The lowest BCUT2D eigenvalue weighted by molar-refractivity contribution is -0.145. The predicted molar refractivity (Wildman–Crippen MR) is 90.9 cm³/mol. The summed E-state index contributed by atoms with van der Waals surface area (Å²) < 4.78 is 5.65. The van der Waals surface area contributed by atoms with Gasteiger partial charge in [-0.25, -0.2) is 0 Å². The standard InChI is InChI=1S/C18H28N2O3/c1-4-10-19-11-12-20(13-14(19)3)17(18(21)22)15-8-6-7-9-16(15)23-5-2/h6-9,14,17H,4-5,10-13H2,1-3H3,(H,21,22). The minimum atomic E-state index is -0.812. The van der Waals surface area contributed by atoms with E-state index in [0.717, 1.165) is 38.2 Å². The number of para-hydroxylation sites is 1. The van der Waals surface area contributed by atoms with E-state index >= 15 is 0 Å². The Balaban J connectivity index is 2.22. The maximum atomic E-state index is 12.0. The number of carbonyl (C=O) groups is 1. The summed E-state index contributed by atoms with van der Waals surface area (Å²) in [6.45, 7) is 10.3. The lowest BCUT2D eigenvalue weighted by Crippen LogP contribution is -2.53. The fourth-order valence-corrected chi connectivity index (χ4v) is 3.36. The lowest BCUT2D eigenvalue weighted by atomic mass is 10.0. The molecule has 0 bridgehead atoms. The summed E-state index contributed by atoms with van der Waals surface area (Å²) in [6.07, 6.45) is 1.12. The molecule has 0 saturated carbocycles. The van der Waals surface area contributed by atoms with Gasteiger partial charge in [0.05, 0.1) is 6.61 Å². The minimum absolute atomic E-state index is 0.366. The van der Waals surface area contributed by atoms with E-state index in [9.17, 15) is 9.90 Å². The summed E-state index contributed by atoms with van der Waals surface area (Å²) >= 11 is 0. The molecule has 1 aliphatic heterocycles. The number of ether oxygens (including phenoxy) is 1. The van der Waals surface area contributed by atoms with Crippen molar-refractivity contribution in [1.82, 2.24) is 9.80 Å². The Hall–Kier alpha value is -1.59. The van der Waals surface area contributed by atoms with Crippen LogP contribution in [0.4, 0.5) is 0 Å². The fourth-order valence-electron chi connectivity index (χ4n) is 3.36. The number of hydrogen-bond donors (Lipinski definition) is 1. The smallest absolute Gasteiger partial charge is 0.325 e. The zero-order valence-corrected chi connectivity index (χ0v) is 14.4. The van der Waals surface area contributed by atoms with Crippen LogP contribution in [0.25, 0.3) is 0 Å². The van der Waals surface area contributed by atoms with E-state index < -0.39 is 12.0 Å². The Morgan fingerprint density at radius 2 is 2.09 bits per heavy atom. The van der Waals surface area contributed by atoms with Gasteiger partial charge in [-0.3, -0.25) is 14.6 Å². The first-order valence-corrected chi connectivity index (χ1v) is 8.51. The molecule has 1 aliphatic rings. The SMILES string of the molecule is CCCN1CCN(C(C(=O)O)c2ccccc2OCC)CC1C. The van der Waals surface area contributed by atoms with Crippen LogP contribution in [0.5, 0.6) is 5.75 Å². The monoisotopic (exact) mass is 320 g/mol. The van der Waals surface area contributed by atoms with Crippen molar-refractivity contribution >= 4 is 5.97 Å². The highest BCUT2D eigenvalue weighted by Gasteiger charge is 2.34. The molecule has 23 heavy (non-hydrogen) atoms. The molecule has 2 atom stereocenters. The van der Waals surface area contributed by atoms with Gasteiger partial charge in [0.25, 0.3) is 0 Å². The van der Waals surface area contributed by atoms with Crippen molar-refractivity contribution in [2.45, 2.75) is 39.3 Å². The van der Waals surface area contributed by atoms with Crippen LogP contribution in [0.2, 0.25) is 0 Å². The molecule has 1 heterocycles. The normalized spacial score (nSPS) is 21.1. The molecule has 1 aromatic carbocycles. The molecule has 1 saturated heterocycles. The summed E-state index contributed by atoms with van der Waals surface area (Å²) in [7, 11) is 0. The van der Waals surface area contributed by atoms with Gasteiger partial charge in [0.1, 0.15) is 11.8 Å². The molecule has 0 amide bonds. The van der Waals surface area contributed by atoms with Gasteiger partial charge in [0.2, 0.25) is 0 Å². The molecule has 0 aliphatic carbocycles. The van der Waals surface area contributed by atoms with E-state index in [1.54, 1.807) is 0 Å². The molecular formula is C18H28N2O3. The van der Waals surface area contributed by atoms with Crippen molar-refractivity contribution in [2.24, 2.45) is 0 Å². The number of piperazine rings is 1. The van der Waals surface area contributed by atoms with E-state index in [0.29, 0.717) is 18.4 Å². The number of benzene rings is 1. The van der Waals surface area contributed by atoms with Gasteiger partial charge in [0, 0.05) is 31.2 Å². The molecular weight excluding hydrogens is 292 g/mol. The second-order valence-electron chi connectivity index (χ2n) is 6.09. The number of nitrogens with zero attached hydrogens (tertiary/aromatic N) is 2. The largest absolute Gasteiger partial charge is 0.494 e. The second kappa shape index (κ2) is 8.31. The summed E-state index contributed by atoms with van der Waals surface area (Å²) in [5, 5.41) is 9.82. The summed E-state index contributed by atoms with van der Waals surface area (Å²) in [5.74, 6) is -0.140. The Bertz CT molecular complexity index is 521. The lowest BCUT2D eigenvalue weighted by Gasteiger charge is -2.42. The van der Waals surface area contributed by atoms with Crippen molar-refractivity contribution in [3.63, 3.8) is 0 Å². The average molecular weight is 320 g/mol. The first-order chi connectivity index (χ1) is 11.1. The first-order valence-electron chi connectivity index (χ1n) is 8.51.